The number of carbonyl (C=O) groups excluding carboxylic acids is 3. The van der Waals surface area contributed by atoms with Crippen molar-refractivity contribution in [1.29, 1.82) is 0 Å². The number of piperazine rings is 1. The summed E-state index contributed by atoms with van der Waals surface area (Å²) in [6, 6.07) is 4.41. The highest BCUT2D eigenvalue weighted by Crippen LogP contribution is 2.31. The number of methoxy groups -OCH3 is 1. The number of hydrogen-bond donors (Lipinski definition) is 0. The van der Waals surface area contributed by atoms with Crippen molar-refractivity contribution in [2.45, 2.75) is 38.4 Å². The molecule has 1 unspecified atom stereocenters. The number of ether oxygens (including phenoxy) is 2. The van der Waals surface area contributed by atoms with Crippen LogP contribution in [0.4, 0.5) is 4.39 Å². The lowest BCUT2D eigenvalue weighted by molar-refractivity contribution is -0.156. The van der Waals surface area contributed by atoms with E-state index in [2.05, 4.69) is 10.2 Å². The minimum Gasteiger partial charge on any atom is -0.382 e. The summed E-state index contributed by atoms with van der Waals surface area (Å²) in [5.74, 6) is -2.25. The van der Waals surface area contributed by atoms with E-state index in [1.807, 2.05) is 13.8 Å². The highest BCUT2D eigenvalue weighted by atomic mass is 32.1. The molecule has 186 valence electrons. The zero-order valence-corrected chi connectivity index (χ0v) is 20.6. The molecule has 2 aliphatic heterocycles. The third kappa shape index (κ3) is 5.31. The first kappa shape index (κ1) is 25.1. The number of ketones is 2. The summed E-state index contributed by atoms with van der Waals surface area (Å²) in [5, 5.41) is 9.20. The van der Waals surface area contributed by atoms with Gasteiger partial charge in [0.05, 0.1) is 31.4 Å². The van der Waals surface area contributed by atoms with Crippen LogP contribution in [-0.4, -0.2) is 89.1 Å². The standard InChI is InChI=1S/C24H27FN4O5S/c1-14(2)29-17(13-34-9-8-33-3)11-28-12-18(21(30)22(31)20(28)24(29)32)23-27-26-19(35-23)10-15-4-6-16(25)7-5-15/h4-7,12,14,17,20H,8-11,13H2,1-3H3/t17-,20?/m1/s1. The predicted molar refractivity (Wildman–Crippen MR) is 126 cm³/mol. The molecule has 35 heavy (non-hydrogen) atoms. The molecule has 2 atom stereocenters. The molecule has 1 aromatic heterocycles. The third-order valence-corrected chi connectivity index (χ3v) is 6.87. The van der Waals surface area contributed by atoms with Crippen molar-refractivity contribution in [3.63, 3.8) is 0 Å². The minimum atomic E-state index is -1.18. The van der Waals surface area contributed by atoms with E-state index < -0.39 is 23.5 Å². The van der Waals surface area contributed by atoms with Gasteiger partial charge in [-0.25, -0.2) is 4.39 Å². The van der Waals surface area contributed by atoms with Crippen LogP contribution in [0.5, 0.6) is 0 Å². The Labute approximate surface area is 206 Å². The van der Waals surface area contributed by atoms with Crippen molar-refractivity contribution in [2.75, 3.05) is 33.5 Å². The number of nitrogens with zero attached hydrogens (tertiary/aromatic N) is 4. The predicted octanol–water partition coefficient (Wildman–Crippen LogP) is 1.71. The minimum absolute atomic E-state index is 0.124. The molecule has 11 heteroatoms. The molecule has 1 aromatic carbocycles. The number of hydrogen-bond acceptors (Lipinski definition) is 9. The lowest BCUT2D eigenvalue weighted by Gasteiger charge is -2.47. The molecule has 2 aromatic rings. The number of aromatic nitrogens is 2. The Kier molecular flexibility index (Phi) is 7.68. The van der Waals surface area contributed by atoms with Crippen LogP contribution in [0, 0.1) is 5.82 Å². The van der Waals surface area contributed by atoms with Gasteiger partial charge in [0.25, 0.3) is 5.91 Å². The monoisotopic (exact) mass is 502 g/mol. The number of carbonyl (C=O) groups is 3. The van der Waals surface area contributed by atoms with Gasteiger partial charge in [-0.3, -0.25) is 14.4 Å². The molecule has 1 fully saturated rings. The molecule has 1 saturated heterocycles. The van der Waals surface area contributed by atoms with Crippen molar-refractivity contribution in [1.82, 2.24) is 20.0 Å². The molecule has 1 amide bonds. The van der Waals surface area contributed by atoms with Crippen molar-refractivity contribution in [2.24, 2.45) is 0 Å². The maximum atomic E-state index is 13.3. The smallest absolute Gasteiger partial charge is 0.254 e. The SMILES string of the molecule is COCCOC[C@H]1CN2C=C(c3nnc(Cc4ccc(F)cc4)s3)C(=O)C(=O)C2C(=O)N1C(C)C. The molecule has 0 radical (unpaired) electrons. The fourth-order valence-electron chi connectivity index (χ4n) is 4.30. The molecule has 2 aliphatic rings. The first-order chi connectivity index (χ1) is 16.8. The van der Waals surface area contributed by atoms with Crippen LogP contribution in [0.2, 0.25) is 0 Å². The van der Waals surface area contributed by atoms with Crippen LogP contribution in [0.15, 0.2) is 30.5 Å². The van der Waals surface area contributed by atoms with Gasteiger partial charge in [-0.2, -0.15) is 0 Å². The normalized spacial score (nSPS) is 20.5. The maximum Gasteiger partial charge on any atom is 0.254 e. The second kappa shape index (κ2) is 10.7. The van der Waals surface area contributed by atoms with Crippen molar-refractivity contribution in [3.05, 3.63) is 51.9 Å². The Morgan fingerprint density at radius 1 is 1.14 bits per heavy atom. The van der Waals surface area contributed by atoms with E-state index in [-0.39, 0.29) is 30.1 Å². The lowest BCUT2D eigenvalue weighted by Crippen LogP contribution is -2.67. The summed E-state index contributed by atoms with van der Waals surface area (Å²) in [6.45, 7) is 5.18. The van der Waals surface area contributed by atoms with E-state index in [0.29, 0.717) is 36.2 Å². The molecular formula is C24H27FN4O5S. The molecule has 4 rings (SSSR count). The quantitative estimate of drug-likeness (QED) is 0.290. The summed E-state index contributed by atoms with van der Waals surface area (Å²) >= 11 is 1.19. The number of halogens is 1. The first-order valence-corrected chi connectivity index (χ1v) is 12.1. The van der Waals surface area contributed by atoms with Gasteiger partial charge in [-0.1, -0.05) is 23.5 Å². The van der Waals surface area contributed by atoms with Crippen LogP contribution in [0.3, 0.4) is 0 Å². The van der Waals surface area contributed by atoms with Gasteiger partial charge >= 0.3 is 0 Å². The Bertz CT molecular complexity index is 1130. The third-order valence-electron chi connectivity index (χ3n) is 5.91. The fourth-order valence-corrected chi connectivity index (χ4v) is 5.19. The molecular weight excluding hydrogens is 475 g/mol. The van der Waals surface area contributed by atoms with Crippen LogP contribution < -0.4 is 0 Å². The second-order valence-electron chi connectivity index (χ2n) is 8.70. The molecule has 0 aliphatic carbocycles. The molecule has 0 bridgehead atoms. The Morgan fingerprint density at radius 2 is 1.89 bits per heavy atom. The van der Waals surface area contributed by atoms with Gasteiger partial charge in [0.15, 0.2) is 11.0 Å². The Hall–Kier alpha value is -3.02. The van der Waals surface area contributed by atoms with Gasteiger partial charge in [-0.15, -0.1) is 10.2 Å². The number of Topliss-reactive ketones (excluding diaryl/α,β-unsaturated/α-hetero) is 2. The maximum absolute atomic E-state index is 13.3. The van der Waals surface area contributed by atoms with Crippen LogP contribution in [0.25, 0.3) is 5.57 Å². The topological polar surface area (TPSA) is 102 Å². The van der Waals surface area contributed by atoms with Crippen molar-refractivity contribution >= 4 is 34.4 Å². The van der Waals surface area contributed by atoms with E-state index in [9.17, 15) is 18.8 Å². The second-order valence-corrected chi connectivity index (χ2v) is 9.76. The van der Waals surface area contributed by atoms with E-state index in [1.165, 1.54) is 23.5 Å². The van der Waals surface area contributed by atoms with Gasteiger partial charge < -0.3 is 19.3 Å². The van der Waals surface area contributed by atoms with E-state index >= 15 is 0 Å². The number of allylic oxidation sites excluding steroid dienone is 1. The van der Waals surface area contributed by atoms with Gasteiger partial charge in [-0.05, 0) is 31.5 Å². The Balaban J connectivity index is 1.57. The number of rotatable bonds is 9. The fraction of sp³-hybridized carbons (Fsp3) is 0.458. The van der Waals surface area contributed by atoms with Gasteiger partial charge in [0.1, 0.15) is 10.8 Å². The Morgan fingerprint density at radius 3 is 2.57 bits per heavy atom. The van der Waals surface area contributed by atoms with E-state index in [1.54, 1.807) is 35.2 Å². The average Bonchev–Trinajstić information content (AvgIpc) is 3.28. The summed E-state index contributed by atoms with van der Waals surface area (Å²) in [5.41, 5.74) is 0.972. The zero-order valence-electron chi connectivity index (χ0n) is 19.8. The summed E-state index contributed by atoms with van der Waals surface area (Å²) < 4.78 is 23.9. The summed E-state index contributed by atoms with van der Waals surface area (Å²) in [4.78, 5) is 42.6. The van der Waals surface area contributed by atoms with E-state index in [4.69, 9.17) is 9.47 Å². The summed E-state index contributed by atoms with van der Waals surface area (Å²) in [6.07, 6.45) is 1.97. The number of amides is 1. The van der Waals surface area contributed by atoms with Crippen molar-refractivity contribution < 1.29 is 28.2 Å². The molecule has 3 heterocycles. The molecule has 0 N–H and O–H groups in total. The van der Waals surface area contributed by atoms with Crippen molar-refractivity contribution in [3.8, 4) is 0 Å². The van der Waals surface area contributed by atoms with Gasteiger partial charge in [0, 0.05) is 32.3 Å². The largest absolute Gasteiger partial charge is 0.382 e. The number of benzene rings is 1. The van der Waals surface area contributed by atoms with Crippen LogP contribution in [-0.2, 0) is 30.3 Å². The summed E-state index contributed by atoms with van der Waals surface area (Å²) in [7, 11) is 1.58. The highest BCUT2D eigenvalue weighted by Gasteiger charge is 2.49. The lowest BCUT2D eigenvalue weighted by atomic mass is 9.92. The van der Waals surface area contributed by atoms with Crippen LogP contribution in [0.1, 0.15) is 29.4 Å². The van der Waals surface area contributed by atoms with E-state index in [0.717, 1.165) is 5.56 Å². The average molecular weight is 503 g/mol. The molecule has 0 saturated carbocycles. The first-order valence-electron chi connectivity index (χ1n) is 11.3. The van der Waals surface area contributed by atoms with Gasteiger partial charge in [0.2, 0.25) is 11.6 Å². The zero-order chi connectivity index (χ0) is 25.1. The number of fused-ring (bicyclic) bond motifs is 1. The highest BCUT2D eigenvalue weighted by molar-refractivity contribution is 7.13. The van der Waals surface area contributed by atoms with Crippen LogP contribution >= 0.6 is 11.3 Å². The molecule has 0 spiro atoms. The molecule has 9 nitrogen and oxygen atoms in total.